The van der Waals surface area contributed by atoms with E-state index in [1.165, 1.54) is 10.4 Å². The monoisotopic (exact) mass is 549 g/mol. The molecule has 0 spiro atoms. The molecule has 3 atom stereocenters. The molecule has 0 bridgehead atoms. The van der Waals surface area contributed by atoms with Crippen molar-refractivity contribution in [1.29, 1.82) is 5.26 Å². The van der Waals surface area contributed by atoms with Gasteiger partial charge < -0.3 is 8.85 Å². The van der Waals surface area contributed by atoms with Gasteiger partial charge in [0, 0.05) is 12.5 Å². The van der Waals surface area contributed by atoms with Crippen molar-refractivity contribution < 1.29 is 8.85 Å². The summed E-state index contributed by atoms with van der Waals surface area (Å²) in [7, 11) is -4.58. The van der Waals surface area contributed by atoms with Crippen molar-refractivity contribution in [2.24, 2.45) is 5.41 Å². The van der Waals surface area contributed by atoms with Crippen molar-refractivity contribution >= 4 is 27.0 Å². The number of rotatable bonds is 8. The van der Waals surface area contributed by atoms with Crippen LogP contribution in [0, 0.1) is 16.7 Å². The first kappa shape index (κ1) is 30.8. The van der Waals surface area contributed by atoms with Gasteiger partial charge in [-0.3, -0.25) is 0 Å². The standard InChI is InChI=1S/C33H51NO2Si2/c1-31(2,3)37(8,9)35-27-21-22-30(33(7,25-23-27)24-16-26-34)36-38(32(4,5)6,28-17-12-10-13-18-28)29-19-14-11-15-20-29/h10-15,17-20,27,30H,16,21-25H2,1-9H3/t27?,30?,33-/m1/s1. The Kier molecular flexibility index (Phi) is 9.57. The number of hydrogen-bond acceptors (Lipinski definition) is 3. The minimum Gasteiger partial charge on any atom is -0.414 e. The summed E-state index contributed by atoms with van der Waals surface area (Å²) in [5.41, 5.74) is -0.0751. The lowest BCUT2D eigenvalue weighted by molar-refractivity contribution is 0.0387. The summed E-state index contributed by atoms with van der Waals surface area (Å²) >= 11 is 0. The predicted molar refractivity (Wildman–Crippen MR) is 166 cm³/mol. The Morgan fingerprint density at radius 3 is 1.79 bits per heavy atom. The van der Waals surface area contributed by atoms with Crippen LogP contribution in [0.1, 0.15) is 87.0 Å². The van der Waals surface area contributed by atoms with Gasteiger partial charge in [0.25, 0.3) is 8.32 Å². The topological polar surface area (TPSA) is 42.2 Å². The van der Waals surface area contributed by atoms with E-state index in [2.05, 4.69) is 128 Å². The van der Waals surface area contributed by atoms with E-state index >= 15 is 0 Å². The van der Waals surface area contributed by atoms with E-state index in [4.69, 9.17) is 8.85 Å². The maximum atomic E-state index is 9.58. The minimum atomic E-state index is -2.70. The molecule has 208 valence electrons. The van der Waals surface area contributed by atoms with E-state index in [1.807, 2.05) is 0 Å². The van der Waals surface area contributed by atoms with Crippen LogP contribution in [-0.4, -0.2) is 28.8 Å². The summed E-state index contributed by atoms with van der Waals surface area (Å²) < 4.78 is 14.7. The first-order valence-electron chi connectivity index (χ1n) is 14.5. The van der Waals surface area contributed by atoms with Crippen LogP contribution < -0.4 is 10.4 Å². The van der Waals surface area contributed by atoms with E-state index in [0.29, 0.717) is 6.42 Å². The Morgan fingerprint density at radius 2 is 1.34 bits per heavy atom. The fraction of sp³-hybridized carbons (Fsp3) is 0.606. The molecule has 2 aromatic carbocycles. The Hall–Kier alpha value is -1.72. The Labute approximate surface area is 235 Å². The molecule has 5 heteroatoms. The van der Waals surface area contributed by atoms with Gasteiger partial charge in [0.1, 0.15) is 0 Å². The van der Waals surface area contributed by atoms with Crippen LogP contribution in [0.25, 0.3) is 0 Å². The number of hydrogen-bond donors (Lipinski definition) is 0. The fourth-order valence-corrected chi connectivity index (χ4v) is 12.2. The van der Waals surface area contributed by atoms with Crippen LogP contribution >= 0.6 is 0 Å². The normalized spacial score (nSPS) is 23.5. The summed E-state index contributed by atoms with van der Waals surface area (Å²) in [6.07, 6.45) is 5.78. The van der Waals surface area contributed by atoms with Gasteiger partial charge in [0.2, 0.25) is 0 Å². The van der Waals surface area contributed by atoms with Crippen LogP contribution in [-0.2, 0) is 8.85 Å². The van der Waals surface area contributed by atoms with Gasteiger partial charge in [0.05, 0.1) is 12.2 Å². The third kappa shape index (κ3) is 6.53. The minimum absolute atomic E-state index is 0.0650. The van der Waals surface area contributed by atoms with Crippen LogP contribution in [0.4, 0.5) is 0 Å². The maximum Gasteiger partial charge on any atom is 0.261 e. The number of nitriles is 1. The molecule has 3 rings (SSSR count). The molecule has 0 aliphatic heterocycles. The lowest BCUT2D eigenvalue weighted by Crippen LogP contribution is -2.68. The molecule has 1 saturated carbocycles. The third-order valence-electron chi connectivity index (χ3n) is 9.38. The first-order chi connectivity index (χ1) is 17.7. The zero-order chi connectivity index (χ0) is 28.2. The van der Waals surface area contributed by atoms with E-state index < -0.39 is 16.6 Å². The summed E-state index contributed by atoms with van der Waals surface area (Å²) in [6, 6.07) is 24.3. The molecule has 0 saturated heterocycles. The molecule has 1 aliphatic carbocycles. The Morgan fingerprint density at radius 1 is 0.816 bits per heavy atom. The van der Waals surface area contributed by atoms with E-state index in [1.54, 1.807) is 0 Å². The molecular formula is C33H51NO2Si2. The highest BCUT2D eigenvalue weighted by molar-refractivity contribution is 6.99. The molecule has 1 aliphatic rings. The molecule has 0 aromatic heterocycles. The summed E-state index contributed by atoms with van der Waals surface area (Å²) in [4.78, 5) is 0. The summed E-state index contributed by atoms with van der Waals surface area (Å²) in [6.45, 7) is 21.1. The number of nitrogens with zero attached hydrogens (tertiary/aromatic N) is 1. The van der Waals surface area contributed by atoms with Crippen molar-refractivity contribution in [3.8, 4) is 6.07 Å². The zero-order valence-electron chi connectivity index (χ0n) is 25.4. The second kappa shape index (κ2) is 11.8. The van der Waals surface area contributed by atoms with Gasteiger partial charge in [-0.15, -0.1) is 0 Å². The smallest absolute Gasteiger partial charge is 0.261 e. The molecule has 0 heterocycles. The lowest BCUT2D eigenvalue weighted by Gasteiger charge is -2.49. The van der Waals surface area contributed by atoms with E-state index in [0.717, 1.165) is 32.1 Å². The summed E-state index contributed by atoms with van der Waals surface area (Å²) in [5.74, 6) is 0. The van der Waals surface area contributed by atoms with Crippen molar-refractivity contribution in [2.75, 3.05) is 0 Å². The Balaban J connectivity index is 2.08. The molecular weight excluding hydrogens is 499 g/mol. The van der Waals surface area contributed by atoms with Crippen LogP contribution in [0.15, 0.2) is 60.7 Å². The predicted octanol–water partition coefficient (Wildman–Crippen LogP) is 8.21. The Bertz CT molecular complexity index is 1030. The molecule has 38 heavy (non-hydrogen) atoms. The van der Waals surface area contributed by atoms with Gasteiger partial charge in [-0.2, -0.15) is 5.26 Å². The highest BCUT2D eigenvalue weighted by atomic mass is 28.4. The third-order valence-corrected chi connectivity index (χ3v) is 19.0. The molecule has 1 fully saturated rings. The highest BCUT2D eigenvalue weighted by Gasteiger charge is 2.54. The SMILES string of the molecule is CC(C)(C)[Si](C)(C)OC1CCC(O[Si](c2ccccc2)(c2ccccc2)C(C)(C)C)[C@](C)(CCC#N)CC1. The van der Waals surface area contributed by atoms with Crippen molar-refractivity contribution in [2.45, 2.75) is 122 Å². The van der Waals surface area contributed by atoms with Gasteiger partial charge in [-0.25, -0.2) is 0 Å². The summed E-state index contributed by atoms with van der Waals surface area (Å²) in [5, 5.41) is 12.3. The average molecular weight is 550 g/mol. The van der Waals surface area contributed by atoms with Gasteiger partial charge in [0.15, 0.2) is 8.32 Å². The van der Waals surface area contributed by atoms with Crippen LogP contribution in [0.3, 0.4) is 0 Å². The van der Waals surface area contributed by atoms with Gasteiger partial charge in [-0.05, 0) is 71.1 Å². The molecule has 0 N–H and O–H groups in total. The fourth-order valence-electron chi connectivity index (χ4n) is 5.93. The maximum absolute atomic E-state index is 9.58. The average Bonchev–Trinajstić information content (AvgIpc) is 2.99. The molecule has 3 nitrogen and oxygen atoms in total. The van der Waals surface area contributed by atoms with Crippen molar-refractivity contribution in [3.05, 3.63) is 60.7 Å². The molecule has 2 aromatic rings. The largest absolute Gasteiger partial charge is 0.414 e. The van der Waals surface area contributed by atoms with E-state index in [9.17, 15) is 5.26 Å². The molecule has 0 amide bonds. The van der Waals surface area contributed by atoms with E-state index in [-0.39, 0.29) is 27.7 Å². The molecule has 0 radical (unpaired) electrons. The number of benzene rings is 2. The van der Waals surface area contributed by atoms with Crippen molar-refractivity contribution in [1.82, 2.24) is 0 Å². The quantitative estimate of drug-likeness (QED) is 0.246. The van der Waals surface area contributed by atoms with Crippen molar-refractivity contribution in [3.63, 3.8) is 0 Å². The van der Waals surface area contributed by atoms with Crippen LogP contribution in [0.5, 0.6) is 0 Å². The zero-order valence-corrected chi connectivity index (χ0v) is 27.4. The second-order valence-electron chi connectivity index (χ2n) is 14.2. The lowest BCUT2D eigenvalue weighted by atomic mass is 9.76. The highest BCUT2D eigenvalue weighted by Crippen LogP contribution is 2.47. The van der Waals surface area contributed by atoms with Crippen LogP contribution in [0.2, 0.25) is 23.2 Å². The van der Waals surface area contributed by atoms with Gasteiger partial charge >= 0.3 is 0 Å². The second-order valence-corrected chi connectivity index (χ2v) is 23.2. The molecule has 2 unspecified atom stereocenters. The van der Waals surface area contributed by atoms with Gasteiger partial charge in [-0.1, -0.05) is 109 Å². The first-order valence-corrected chi connectivity index (χ1v) is 19.3.